The highest BCUT2D eigenvalue weighted by Crippen LogP contribution is 2.26. The van der Waals surface area contributed by atoms with E-state index in [1.807, 2.05) is 42.1 Å². The van der Waals surface area contributed by atoms with E-state index in [-0.39, 0.29) is 22.3 Å². The number of nitrogens with one attached hydrogen (secondary N) is 1. The Kier molecular flexibility index (Phi) is 5.57. The van der Waals surface area contributed by atoms with Crippen LogP contribution in [-0.2, 0) is 0 Å². The molecule has 140 valence electrons. The maximum Gasteiger partial charge on any atom is 0.288 e. The van der Waals surface area contributed by atoms with Gasteiger partial charge in [-0.25, -0.2) is 0 Å². The second-order valence-corrected chi connectivity index (χ2v) is 7.42. The predicted molar refractivity (Wildman–Crippen MR) is 105 cm³/mol. The Morgan fingerprint density at radius 3 is 2.74 bits per heavy atom. The number of carbonyl (C=O) groups is 1. The largest absolute Gasteiger partial charge is 0.350 e. The Morgan fingerprint density at radius 1 is 1.37 bits per heavy atom. The van der Waals surface area contributed by atoms with Gasteiger partial charge in [0, 0.05) is 28.7 Å². The summed E-state index contributed by atoms with van der Waals surface area (Å²) >= 11 is 7.39. The monoisotopic (exact) mass is 404 g/mol. The quantitative estimate of drug-likeness (QED) is 0.493. The summed E-state index contributed by atoms with van der Waals surface area (Å²) in [5, 5.41) is 20.4. The zero-order valence-electron chi connectivity index (χ0n) is 14.7. The standard InChI is InChI=1S/C18H17ClN4O3S/c1-11-8-12(2)22(21-11)16(17-4-3-7-27-17)10-20-18(24)13-5-6-14(19)15(9-13)23(25)26/h3-9,16H,10H2,1-2H3,(H,20,24). The van der Waals surface area contributed by atoms with Crippen LogP contribution in [-0.4, -0.2) is 27.2 Å². The van der Waals surface area contributed by atoms with Crippen LogP contribution in [0.25, 0.3) is 0 Å². The highest BCUT2D eigenvalue weighted by molar-refractivity contribution is 7.10. The molecule has 0 aliphatic carbocycles. The molecule has 3 rings (SSSR count). The highest BCUT2D eigenvalue weighted by Gasteiger charge is 2.21. The van der Waals surface area contributed by atoms with Crippen molar-refractivity contribution in [1.82, 2.24) is 15.1 Å². The first-order valence-electron chi connectivity index (χ1n) is 8.15. The Labute approximate surface area is 164 Å². The van der Waals surface area contributed by atoms with E-state index in [0.717, 1.165) is 16.3 Å². The van der Waals surface area contributed by atoms with Crippen LogP contribution < -0.4 is 5.32 Å². The lowest BCUT2D eigenvalue weighted by atomic mass is 10.1. The zero-order valence-corrected chi connectivity index (χ0v) is 16.3. The van der Waals surface area contributed by atoms with Crippen LogP contribution in [0.4, 0.5) is 5.69 Å². The van der Waals surface area contributed by atoms with Crippen molar-refractivity contribution in [2.24, 2.45) is 0 Å². The fourth-order valence-corrected chi connectivity index (χ4v) is 3.83. The molecule has 0 aliphatic heterocycles. The average molecular weight is 405 g/mol. The molecule has 0 radical (unpaired) electrons. The molecule has 1 N–H and O–H groups in total. The van der Waals surface area contributed by atoms with Crippen molar-refractivity contribution < 1.29 is 9.72 Å². The minimum absolute atomic E-state index is 0.00402. The first-order chi connectivity index (χ1) is 12.9. The van der Waals surface area contributed by atoms with Gasteiger partial charge in [0.25, 0.3) is 11.6 Å². The Bertz CT molecular complexity index is 985. The van der Waals surface area contributed by atoms with Crippen molar-refractivity contribution in [3.05, 3.63) is 78.7 Å². The number of thiophene rings is 1. The Morgan fingerprint density at radius 2 is 2.15 bits per heavy atom. The molecule has 0 aliphatic rings. The molecular weight excluding hydrogens is 388 g/mol. The minimum atomic E-state index is -0.608. The van der Waals surface area contributed by atoms with Gasteiger partial charge < -0.3 is 5.32 Å². The van der Waals surface area contributed by atoms with E-state index >= 15 is 0 Å². The smallest absolute Gasteiger partial charge is 0.288 e. The summed E-state index contributed by atoms with van der Waals surface area (Å²) in [4.78, 5) is 24.0. The van der Waals surface area contributed by atoms with E-state index in [1.165, 1.54) is 18.2 Å². The van der Waals surface area contributed by atoms with Gasteiger partial charge in [0.15, 0.2) is 0 Å². The minimum Gasteiger partial charge on any atom is -0.350 e. The molecule has 0 saturated heterocycles. The topological polar surface area (TPSA) is 90.1 Å². The van der Waals surface area contributed by atoms with Gasteiger partial charge in [-0.1, -0.05) is 17.7 Å². The first-order valence-corrected chi connectivity index (χ1v) is 9.41. The van der Waals surface area contributed by atoms with Crippen molar-refractivity contribution in [3.8, 4) is 0 Å². The molecule has 2 aromatic heterocycles. The van der Waals surface area contributed by atoms with Crippen LogP contribution in [0.1, 0.15) is 32.7 Å². The van der Waals surface area contributed by atoms with Gasteiger partial charge in [0.1, 0.15) is 11.1 Å². The summed E-state index contributed by atoms with van der Waals surface area (Å²) in [5.74, 6) is -0.405. The number of nitro groups is 1. The van der Waals surface area contributed by atoms with E-state index in [0.29, 0.717) is 6.54 Å². The number of rotatable bonds is 6. The lowest BCUT2D eigenvalue weighted by molar-refractivity contribution is -0.384. The van der Waals surface area contributed by atoms with Gasteiger partial charge in [-0.05, 0) is 43.5 Å². The molecule has 7 nitrogen and oxygen atoms in total. The van der Waals surface area contributed by atoms with Crippen molar-refractivity contribution in [3.63, 3.8) is 0 Å². The van der Waals surface area contributed by atoms with Crippen molar-refractivity contribution in [2.45, 2.75) is 19.9 Å². The van der Waals surface area contributed by atoms with Crippen LogP contribution in [0.3, 0.4) is 0 Å². The van der Waals surface area contributed by atoms with Crippen molar-refractivity contribution >= 4 is 34.5 Å². The van der Waals surface area contributed by atoms with Crippen LogP contribution in [0.15, 0.2) is 41.8 Å². The molecule has 0 spiro atoms. The van der Waals surface area contributed by atoms with Crippen LogP contribution in [0.5, 0.6) is 0 Å². The SMILES string of the molecule is Cc1cc(C)n(C(CNC(=O)c2ccc(Cl)c([N+](=O)[O-])c2)c2cccs2)n1. The maximum absolute atomic E-state index is 12.5. The second kappa shape index (κ2) is 7.89. The molecule has 1 amide bonds. The first kappa shape index (κ1) is 19.1. The Balaban J connectivity index is 1.82. The molecule has 0 bridgehead atoms. The highest BCUT2D eigenvalue weighted by atomic mass is 35.5. The molecule has 0 fully saturated rings. The average Bonchev–Trinajstić information content (AvgIpc) is 3.25. The molecule has 2 heterocycles. The van der Waals surface area contributed by atoms with Gasteiger partial charge >= 0.3 is 0 Å². The normalized spacial score (nSPS) is 12.0. The van der Waals surface area contributed by atoms with Gasteiger partial charge in [0.05, 0.1) is 10.6 Å². The number of benzene rings is 1. The number of hydrogen-bond donors (Lipinski definition) is 1. The third kappa shape index (κ3) is 4.17. The lowest BCUT2D eigenvalue weighted by Crippen LogP contribution is -2.31. The maximum atomic E-state index is 12.5. The molecule has 27 heavy (non-hydrogen) atoms. The number of carbonyl (C=O) groups excluding carboxylic acids is 1. The van der Waals surface area contributed by atoms with Gasteiger partial charge in [0.2, 0.25) is 0 Å². The van der Waals surface area contributed by atoms with Crippen molar-refractivity contribution in [2.75, 3.05) is 6.54 Å². The summed E-state index contributed by atoms with van der Waals surface area (Å²) in [6.07, 6.45) is 0. The summed E-state index contributed by atoms with van der Waals surface area (Å²) in [7, 11) is 0. The summed E-state index contributed by atoms with van der Waals surface area (Å²) in [6.45, 7) is 4.18. The van der Waals surface area contributed by atoms with Crippen LogP contribution >= 0.6 is 22.9 Å². The molecule has 1 atom stereocenters. The van der Waals surface area contributed by atoms with Gasteiger partial charge in [-0.15, -0.1) is 11.3 Å². The summed E-state index contributed by atoms with van der Waals surface area (Å²) < 4.78 is 1.88. The van der Waals surface area contributed by atoms with Crippen LogP contribution in [0, 0.1) is 24.0 Å². The van der Waals surface area contributed by atoms with Gasteiger partial charge in [-0.3, -0.25) is 19.6 Å². The number of nitro benzene ring substituents is 1. The number of amides is 1. The fraction of sp³-hybridized carbons (Fsp3) is 0.222. The fourth-order valence-electron chi connectivity index (χ4n) is 2.84. The number of aromatic nitrogens is 2. The summed E-state index contributed by atoms with van der Waals surface area (Å²) in [6, 6.07) is 9.76. The molecular formula is C18H17ClN4O3S. The molecule has 0 saturated carbocycles. The molecule has 3 aromatic rings. The lowest BCUT2D eigenvalue weighted by Gasteiger charge is -2.19. The van der Waals surface area contributed by atoms with E-state index in [4.69, 9.17) is 11.6 Å². The third-order valence-corrected chi connectivity index (χ3v) is 5.37. The Hall–Kier alpha value is -2.71. The number of hydrogen-bond acceptors (Lipinski definition) is 5. The third-order valence-electron chi connectivity index (χ3n) is 4.07. The van der Waals surface area contributed by atoms with E-state index in [1.54, 1.807) is 11.3 Å². The van der Waals surface area contributed by atoms with Crippen LogP contribution in [0.2, 0.25) is 5.02 Å². The zero-order chi connectivity index (χ0) is 19.6. The van der Waals surface area contributed by atoms with E-state index < -0.39 is 10.8 Å². The van der Waals surface area contributed by atoms with E-state index in [9.17, 15) is 14.9 Å². The van der Waals surface area contributed by atoms with E-state index in [2.05, 4.69) is 10.4 Å². The molecule has 1 aromatic carbocycles. The number of halogens is 1. The predicted octanol–water partition coefficient (Wildman–Crippen LogP) is 4.14. The number of nitrogens with zero attached hydrogens (tertiary/aromatic N) is 3. The van der Waals surface area contributed by atoms with Gasteiger partial charge in [-0.2, -0.15) is 5.10 Å². The number of aryl methyl sites for hydroxylation is 2. The van der Waals surface area contributed by atoms with Crippen molar-refractivity contribution in [1.29, 1.82) is 0 Å². The second-order valence-electron chi connectivity index (χ2n) is 6.04. The molecule has 1 unspecified atom stereocenters. The summed E-state index contributed by atoms with van der Waals surface area (Å²) in [5.41, 5.74) is 1.78. The molecule has 9 heteroatoms.